The Bertz CT molecular complexity index is 962. The number of pyridine rings is 1. The standard InChI is InChI=1S/C21H23N5O2/c1-24-19(15-18(23-24)16-6-5-7-17(14-16)28-2)21(27)26-12-10-25(11-13-26)20-8-3-4-9-22-20/h3-9,14-15H,10-13H2,1-2H3. The van der Waals surface area contributed by atoms with Crippen LogP contribution in [0.15, 0.2) is 54.7 Å². The summed E-state index contributed by atoms with van der Waals surface area (Å²) in [5, 5.41) is 4.53. The van der Waals surface area contributed by atoms with Gasteiger partial charge in [-0.2, -0.15) is 5.10 Å². The van der Waals surface area contributed by atoms with E-state index in [4.69, 9.17) is 4.74 Å². The van der Waals surface area contributed by atoms with Crippen molar-refractivity contribution in [2.45, 2.75) is 0 Å². The van der Waals surface area contributed by atoms with Crippen LogP contribution >= 0.6 is 0 Å². The fourth-order valence-electron chi connectivity index (χ4n) is 3.43. The van der Waals surface area contributed by atoms with Crippen molar-refractivity contribution in [1.82, 2.24) is 19.7 Å². The highest BCUT2D eigenvalue weighted by molar-refractivity contribution is 5.94. The number of aryl methyl sites for hydroxylation is 1. The van der Waals surface area contributed by atoms with Crippen LogP contribution in [0.5, 0.6) is 5.75 Å². The van der Waals surface area contributed by atoms with Gasteiger partial charge in [0.1, 0.15) is 17.3 Å². The monoisotopic (exact) mass is 377 g/mol. The number of carbonyl (C=O) groups is 1. The Morgan fingerprint density at radius 2 is 1.86 bits per heavy atom. The summed E-state index contributed by atoms with van der Waals surface area (Å²) in [6.07, 6.45) is 1.79. The molecule has 4 rings (SSSR count). The second kappa shape index (κ2) is 7.72. The Morgan fingerprint density at radius 3 is 2.57 bits per heavy atom. The fraction of sp³-hybridized carbons (Fsp3) is 0.286. The molecule has 0 N–H and O–H groups in total. The molecule has 1 aliphatic heterocycles. The van der Waals surface area contributed by atoms with Crippen molar-refractivity contribution < 1.29 is 9.53 Å². The van der Waals surface area contributed by atoms with Crippen molar-refractivity contribution in [3.63, 3.8) is 0 Å². The minimum absolute atomic E-state index is 0.00446. The number of carbonyl (C=O) groups excluding carboxylic acids is 1. The molecular formula is C21H23N5O2. The molecule has 0 aliphatic carbocycles. The van der Waals surface area contributed by atoms with Gasteiger partial charge in [0.2, 0.25) is 0 Å². The number of anilines is 1. The maximum Gasteiger partial charge on any atom is 0.272 e. The first-order chi connectivity index (χ1) is 13.7. The predicted molar refractivity (Wildman–Crippen MR) is 108 cm³/mol. The molecule has 1 aromatic carbocycles. The maximum atomic E-state index is 13.0. The van der Waals surface area contributed by atoms with Gasteiger partial charge in [-0.25, -0.2) is 4.98 Å². The van der Waals surface area contributed by atoms with E-state index in [1.54, 1.807) is 25.0 Å². The number of piperazine rings is 1. The Balaban J connectivity index is 1.48. The maximum absolute atomic E-state index is 13.0. The van der Waals surface area contributed by atoms with Gasteiger partial charge in [0.05, 0.1) is 12.8 Å². The smallest absolute Gasteiger partial charge is 0.272 e. The van der Waals surface area contributed by atoms with Gasteiger partial charge in [-0.15, -0.1) is 0 Å². The highest BCUT2D eigenvalue weighted by Gasteiger charge is 2.25. The van der Waals surface area contributed by atoms with E-state index in [2.05, 4.69) is 15.0 Å². The zero-order valence-corrected chi connectivity index (χ0v) is 16.1. The zero-order chi connectivity index (χ0) is 19.5. The molecule has 3 aromatic rings. The number of hydrogen-bond donors (Lipinski definition) is 0. The van der Waals surface area contributed by atoms with Crippen LogP contribution in [0.4, 0.5) is 5.82 Å². The third-order valence-electron chi connectivity index (χ3n) is 5.00. The van der Waals surface area contributed by atoms with Crippen molar-refractivity contribution in [2.75, 3.05) is 38.2 Å². The largest absolute Gasteiger partial charge is 0.497 e. The summed E-state index contributed by atoms with van der Waals surface area (Å²) in [6, 6.07) is 15.4. The van der Waals surface area contributed by atoms with Crippen LogP contribution in [-0.2, 0) is 7.05 Å². The van der Waals surface area contributed by atoms with E-state index in [-0.39, 0.29) is 5.91 Å². The summed E-state index contributed by atoms with van der Waals surface area (Å²) in [5.74, 6) is 1.72. The van der Waals surface area contributed by atoms with E-state index in [1.165, 1.54) is 0 Å². The molecule has 1 saturated heterocycles. The Hall–Kier alpha value is -3.35. The van der Waals surface area contributed by atoms with Crippen LogP contribution in [0.3, 0.4) is 0 Å². The second-order valence-corrected chi connectivity index (χ2v) is 6.74. The third kappa shape index (κ3) is 3.55. The molecule has 0 saturated carbocycles. The number of amides is 1. The number of hydrogen-bond acceptors (Lipinski definition) is 5. The van der Waals surface area contributed by atoms with Crippen molar-refractivity contribution >= 4 is 11.7 Å². The molecule has 0 radical (unpaired) electrons. The lowest BCUT2D eigenvalue weighted by Crippen LogP contribution is -2.49. The van der Waals surface area contributed by atoms with Crippen LogP contribution in [-0.4, -0.2) is 58.9 Å². The van der Waals surface area contributed by atoms with E-state index < -0.39 is 0 Å². The van der Waals surface area contributed by atoms with E-state index in [0.717, 1.165) is 35.9 Å². The topological polar surface area (TPSA) is 63.5 Å². The quantitative estimate of drug-likeness (QED) is 0.699. The zero-order valence-electron chi connectivity index (χ0n) is 16.1. The molecule has 0 atom stereocenters. The molecule has 7 nitrogen and oxygen atoms in total. The summed E-state index contributed by atoms with van der Waals surface area (Å²) >= 11 is 0. The minimum Gasteiger partial charge on any atom is -0.497 e. The minimum atomic E-state index is 0.00446. The van der Waals surface area contributed by atoms with E-state index in [0.29, 0.717) is 18.8 Å². The number of nitrogens with zero attached hydrogens (tertiary/aromatic N) is 5. The first-order valence-electron chi connectivity index (χ1n) is 9.29. The molecule has 1 aliphatic rings. The number of aromatic nitrogens is 3. The lowest BCUT2D eigenvalue weighted by atomic mass is 10.1. The first kappa shape index (κ1) is 18.0. The number of rotatable bonds is 4. The molecule has 2 aromatic heterocycles. The molecule has 7 heteroatoms. The van der Waals surface area contributed by atoms with Crippen LogP contribution in [0, 0.1) is 0 Å². The van der Waals surface area contributed by atoms with Crippen molar-refractivity contribution in [1.29, 1.82) is 0 Å². The summed E-state index contributed by atoms with van der Waals surface area (Å²) < 4.78 is 6.94. The Kier molecular flexibility index (Phi) is 4.97. The number of ether oxygens (including phenoxy) is 1. The molecule has 1 fully saturated rings. The van der Waals surface area contributed by atoms with Gasteiger partial charge in [-0.3, -0.25) is 9.48 Å². The van der Waals surface area contributed by atoms with Crippen molar-refractivity contribution in [3.8, 4) is 17.0 Å². The van der Waals surface area contributed by atoms with Crippen molar-refractivity contribution in [2.24, 2.45) is 7.05 Å². The van der Waals surface area contributed by atoms with Crippen molar-refractivity contribution in [3.05, 3.63) is 60.4 Å². The molecule has 0 unspecified atom stereocenters. The van der Waals surface area contributed by atoms with Gasteiger partial charge in [-0.1, -0.05) is 18.2 Å². The van der Waals surface area contributed by atoms with E-state index in [1.807, 2.05) is 53.4 Å². The molecule has 0 spiro atoms. The fourth-order valence-corrected chi connectivity index (χ4v) is 3.43. The van der Waals surface area contributed by atoms with E-state index in [9.17, 15) is 4.79 Å². The van der Waals surface area contributed by atoms with Crippen LogP contribution < -0.4 is 9.64 Å². The van der Waals surface area contributed by atoms with Crippen LogP contribution in [0.2, 0.25) is 0 Å². The lowest BCUT2D eigenvalue weighted by Gasteiger charge is -2.35. The summed E-state index contributed by atoms with van der Waals surface area (Å²) in [7, 11) is 3.44. The number of methoxy groups -OCH3 is 1. The molecule has 144 valence electrons. The van der Waals surface area contributed by atoms with E-state index >= 15 is 0 Å². The van der Waals surface area contributed by atoms with Gasteiger partial charge < -0.3 is 14.5 Å². The summed E-state index contributed by atoms with van der Waals surface area (Å²) in [6.45, 7) is 2.86. The highest BCUT2D eigenvalue weighted by atomic mass is 16.5. The SMILES string of the molecule is COc1cccc(-c2cc(C(=O)N3CCN(c4ccccn4)CC3)n(C)n2)c1. The van der Waals surface area contributed by atoms with Gasteiger partial charge in [0.25, 0.3) is 5.91 Å². The average Bonchev–Trinajstić information content (AvgIpc) is 3.15. The van der Waals surface area contributed by atoms with Gasteiger partial charge >= 0.3 is 0 Å². The lowest BCUT2D eigenvalue weighted by molar-refractivity contribution is 0.0735. The first-order valence-corrected chi connectivity index (χ1v) is 9.29. The van der Waals surface area contributed by atoms with Gasteiger partial charge in [0, 0.05) is 45.0 Å². The second-order valence-electron chi connectivity index (χ2n) is 6.74. The molecular weight excluding hydrogens is 354 g/mol. The third-order valence-corrected chi connectivity index (χ3v) is 5.00. The molecule has 3 heterocycles. The van der Waals surface area contributed by atoms with Crippen LogP contribution in [0.1, 0.15) is 10.5 Å². The van der Waals surface area contributed by atoms with Gasteiger partial charge in [-0.05, 0) is 30.3 Å². The molecule has 28 heavy (non-hydrogen) atoms. The van der Waals surface area contributed by atoms with Gasteiger partial charge in [0.15, 0.2) is 0 Å². The Labute approximate surface area is 164 Å². The average molecular weight is 377 g/mol. The Morgan fingerprint density at radius 1 is 1.04 bits per heavy atom. The van der Waals surface area contributed by atoms with Crippen LogP contribution in [0.25, 0.3) is 11.3 Å². The predicted octanol–water partition coefficient (Wildman–Crippen LogP) is 2.45. The highest BCUT2D eigenvalue weighted by Crippen LogP contribution is 2.24. The summed E-state index contributed by atoms with van der Waals surface area (Å²) in [5.41, 5.74) is 2.27. The number of benzene rings is 1. The molecule has 1 amide bonds. The molecule has 0 bridgehead atoms. The normalized spacial score (nSPS) is 14.2. The summed E-state index contributed by atoms with van der Waals surface area (Å²) in [4.78, 5) is 21.5.